The molecular formula is C16H24F6N2O2S2. The molecule has 0 bridgehead atoms. The minimum atomic E-state index is -8.10. The second-order valence-corrected chi connectivity index (χ2v) is 8.87. The molecule has 2 rings (SSSR count). The molecule has 0 aliphatic heterocycles. The van der Waals surface area contributed by atoms with Gasteiger partial charge in [0.15, 0.2) is 0 Å². The largest absolute Gasteiger partial charge is 0.456 e. The molecule has 0 unspecified atom stereocenters. The van der Waals surface area contributed by atoms with Crippen LogP contribution in [-0.4, -0.2) is 19.5 Å². The molecule has 164 valence electrons. The second kappa shape index (κ2) is 9.99. The van der Waals surface area contributed by atoms with Crippen LogP contribution in [0.2, 0.25) is 0 Å². The van der Waals surface area contributed by atoms with Crippen molar-refractivity contribution in [3.05, 3.63) is 0 Å². The van der Waals surface area contributed by atoms with E-state index >= 15 is 0 Å². The summed E-state index contributed by atoms with van der Waals surface area (Å²) in [6, 6.07) is 0. The molecule has 0 aromatic rings. The molecule has 0 heterocycles. The first-order valence-electron chi connectivity index (χ1n) is 8.45. The lowest BCUT2D eigenvalue weighted by Crippen LogP contribution is -2.39. The number of nitrogens with zero attached hydrogens (tertiary/aromatic N) is 1. The highest BCUT2D eigenvalue weighted by atomic mass is 32.4. The minimum Gasteiger partial charge on any atom is -0.315 e. The van der Waals surface area contributed by atoms with Crippen LogP contribution in [0.1, 0.15) is 64.2 Å². The quantitative estimate of drug-likeness (QED) is 0.337. The van der Waals surface area contributed by atoms with Crippen molar-refractivity contribution < 1.29 is 31.7 Å². The molecule has 12 heteroatoms. The van der Waals surface area contributed by atoms with Gasteiger partial charge in [-0.2, -0.15) is 12.8 Å². The van der Waals surface area contributed by atoms with Crippen LogP contribution in [0.3, 0.4) is 0 Å². The molecule has 28 heavy (non-hydrogen) atoms. The number of nitrogens with two attached hydrogens (primary N) is 1. The zero-order valence-electron chi connectivity index (χ0n) is 15.2. The van der Waals surface area contributed by atoms with Crippen LogP contribution in [0.15, 0.2) is 4.36 Å². The Bertz CT molecular complexity index is 746. The van der Waals surface area contributed by atoms with Crippen molar-refractivity contribution in [3.8, 4) is 24.7 Å². The second-order valence-electron chi connectivity index (χ2n) is 6.69. The fourth-order valence-corrected chi connectivity index (χ4v) is 3.57. The summed E-state index contributed by atoms with van der Waals surface area (Å²) in [6.07, 6.45) is 19.6. The van der Waals surface area contributed by atoms with E-state index in [1.807, 2.05) is 0 Å². The van der Waals surface area contributed by atoms with Gasteiger partial charge in [-0.05, 0) is 25.7 Å². The first-order valence-corrected chi connectivity index (χ1v) is 11.3. The van der Waals surface area contributed by atoms with Gasteiger partial charge >= 0.3 is 21.1 Å². The lowest BCUT2D eigenvalue weighted by atomic mass is 9.83. The van der Waals surface area contributed by atoms with E-state index in [9.17, 15) is 27.5 Å². The smallest absolute Gasteiger partial charge is 0.315 e. The van der Waals surface area contributed by atoms with Gasteiger partial charge in [0, 0.05) is 0 Å². The minimum absolute atomic E-state index is 0.252. The predicted octanol–water partition coefficient (Wildman–Crippen LogP) is 5.19. The Labute approximate surface area is 163 Å². The third-order valence-electron chi connectivity index (χ3n) is 4.26. The summed E-state index contributed by atoms with van der Waals surface area (Å²) in [4.78, 5) is 0. The number of terminal acetylenes is 2. The zero-order valence-corrected chi connectivity index (χ0v) is 16.8. The summed E-state index contributed by atoms with van der Waals surface area (Å²) in [7, 11) is -13.2. The lowest BCUT2D eigenvalue weighted by molar-refractivity contribution is 0.371. The molecule has 0 radical (unpaired) electrons. The van der Waals surface area contributed by atoms with Crippen molar-refractivity contribution in [3.63, 3.8) is 0 Å². The Kier molecular flexibility index (Phi) is 9.55. The van der Waals surface area contributed by atoms with Crippen LogP contribution in [0.4, 0.5) is 23.3 Å². The van der Waals surface area contributed by atoms with Gasteiger partial charge in [-0.25, -0.2) is 0 Å². The van der Waals surface area contributed by atoms with Gasteiger partial charge in [-0.15, -0.1) is 12.8 Å². The van der Waals surface area contributed by atoms with Crippen molar-refractivity contribution in [2.24, 2.45) is 10.1 Å². The normalized spacial score (nSPS) is 22.2. The molecule has 2 saturated carbocycles. The summed E-state index contributed by atoms with van der Waals surface area (Å²) >= 11 is 0. The van der Waals surface area contributed by atoms with Crippen molar-refractivity contribution in [2.75, 3.05) is 0 Å². The van der Waals surface area contributed by atoms with Gasteiger partial charge < -0.3 is 5.73 Å². The lowest BCUT2D eigenvalue weighted by Gasteiger charge is -2.27. The van der Waals surface area contributed by atoms with Crippen LogP contribution in [-0.2, 0) is 21.1 Å². The highest BCUT2D eigenvalue weighted by Gasteiger charge is 2.33. The van der Waals surface area contributed by atoms with Crippen LogP contribution >= 0.6 is 0 Å². The Morgan fingerprint density at radius 2 is 1.21 bits per heavy atom. The van der Waals surface area contributed by atoms with Gasteiger partial charge in [0.1, 0.15) is 5.54 Å². The first kappa shape index (κ1) is 26.8. The Balaban J connectivity index is 0.000000423. The van der Waals surface area contributed by atoms with Gasteiger partial charge in [0.2, 0.25) is 0 Å². The number of hydrogen-bond acceptors (Lipinski definition) is 4. The van der Waals surface area contributed by atoms with Gasteiger partial charge in [-0.3, -0.25) is 0 Å². The maximum absolute atomic E-state index is 12.2. The standard InChI is InChI=1S/C8H11F2NOS.C8H13N.F4OS/c1-2-8(11-13(9,10)12)6-4-3-5-7-8;1-2-8(9)6-4-3-5-7-8;1-6(2,3,4)5/h1H,3-7H2;1H,3-7,9H2;. The molecule has 2 fully saturated rings. The van der Waals surface area contributed by atoms with Crippen molar-refractivity contribution in [1.29, 1.82) is 0 Å². The topological polar surface area (TPSA) is 72.5 Å². The van der Waals surface area contributed by atoms with E-state index in [4.69, 9.17) is 22.8 Å². The summed E-state index contributed by atoms with van der Waals surface area (Å²) in [5, 5.41) is 0. The van der Waals surface area contributed by atoms with Crippen LogP contribution < -0.4 is 5.73 Å². The highest BCUT2D eigenvalue weighted by Crippen LogP contribution is 2.33. The van der Waals surface area contributed by atoms with Crippen molar-refractivity contribution in [1.82, 2.24) is 0 Å². The van der Waals surface area contributed by atoms with E-state index in [0.29, 0.717) is 12.8 Å². The number of hydrogen-bond donors (Lipinski definition) is 1. The van der Waals surface area contributed by atoms with Crippen LogP contribution in [0, 0.1) is 24.7 Å². The summed E-state index contributed by atoms with van der Waals surface area (Å²) in [5.41, 5.74) is 4.40. The van der Waals surface area contributed by atoms with Gasteiger partial charge in [0.25, 0.3) is 0 Å². The first-order chi connectivity index (χ1) is 12.5. The molecule has 2 aliphatic carbocycles. The molecule has 2 N–H and O–H groups in total. The van der Waals surface area contributed by atoms with Crippen molar-refractivity contribution in [2.45, 2.75) is 75.3 Å². The summed E-state index contributed by atoms with van der Waals surface area (Å²) in [6.45, 7) is 0. The molecule has 0 amide bonds. The van der Waals surface area contributed by atoms with Crippen LogP contribution in [0.5, 0.6) is 0 Å². The van der Waals surface area contributed by atoms with E-state index < -0.39 is 26.6 Å². The molecule has 0 aromatic heterocycles. The SMILES string of the molecule is C#CC1(N)CCCCC1.C#CC1(N=S(=O)(F)F)CCCCC1.O=S(F)(F)(F)F. The Morgan fingerprint density at radius 3 is 1.46 bits per heavy atom. The third-order valence-corrected chi connectivity index (χ3v) is 4.83. The maximum Gasteiger partial charge on any atom is 0.456 e. The molecule has 0 spiro atoms. The highest BCUT2D eigenvalue weighted by molar-refractivity contribution is 8.01. The van der Waals surface area contributed by atoms with E-state index in [0.717, 1.165) is 32.1 Å². The average molecular weight is 455 g/mol. The van der Waals surface area contributed by atoms with E-state index in [1.54, 1.807) is 0 Å². The molecule has 4 nitrogen and oxygen atoms in total. The van der Waals surface area contributed by atoms with E-state index in [-0.39, 0.29) is 5.54 Å². The van der Waals surface area contributed by atoms with Crippen molar-refractivity contribution >= 4 is 21.1 Å². The van der Waals surface area contributed by atoms with Gasteiger partial charge in [-0.1, -0.05) is 73.7 Å². The summed E-state index contributed by atoms with van der Waals surface area (Å²) in [5.74, 6) is 4.91. The Morgan fingerprint density at radius 1 is 0.857 bits per heavy atom. The Hall–Kier alpha value is -1.24. The predicted molar refractivity (Wildman–Crippen MR) is 98.8 cm³/mol. The molecule has 0 atom stereocenters. The molecule has 0 saturated heterocycles. The molecule has 2 aliphatic rings. The number of halogens is 6. The fourth-order valence-electron chi connectivity index (χ4n) is 2.93. The van der Waals surface area contributed by atoms with Crippen LogP contribution in [0.25, 0.3) is 0 Å². The molecular weight excluding hydrogens is 430 g/mol. The fraction of sp³-hybridized carbons (Fsp3) is 0.750. The third kappa shape index (κ3) is 14.8. The average Bonchev–Trinajstić information content (AvgIpc) is 2.53. The van der Waals surface area contributed by atoms with E-state index in [1.165, 1.54) is 19.3 Å². The monoisotopic (exact) mass is 454 g/mol. The maximum atomic E-state index is 12.2. The van der Waals surface area contributed by atoms with E-state index in [2.05, 4.69) is 16.2 Å². The number of rotatable bonds is 1. The zero-order chi connectivity index (χ0) is 22.1. The summed E-state index contributed by atoms with van der Waals surface area (Å²) < 4.78 is 85.4. The van der Waals surface area contributed by atoms with Gasteiger partial charge in [0.05, 0.1) is 5.54 Å². The molecule has 0 aromatic carbocycles.